The van der Waals surface area contributed by atoms with Crippen molar-refractivity contribution < 1.29 is 0 Å². The molecule has 0 aliphatic heterocycles. The molecule has 5 heterocycles. The molecule has 0 spiro atoms. The summed E-state index contributed by atoms with van der Waals surface area (Å²) in [6.45, 7) is 0. The molecule has 0 aliphatic carbocycles. The van der Waals surface area contributed by atoms with Gasteiger partial charge in [0.1, 0.15) is 0 Å². The van der Waals surface area contributed by atoms with E-state index in [4.69, 9.17) is 9.97 Å². The van der Waals surface area contributed by atoms with E-state index in [1.165, 1.54) is 75.9 Å². The van der Waals surface area contributed by atoms with Crippen LogP contribution in [0.4, 0.5) is 0 Å². The first kappa shape index (κ1) is 31.1. The van der Waals surface area contributed by atoms with Crippen molar-refractivity contribution in [2.45, 2.75) is 0 Å². The minimum atomic E-state index is 0.656. The maximum absolute atomic E-state index is 5.66. The Morgan fingerprint density at radius 3 is 1.75 bits per heavy atom. The number of rotatable bonds is 3. The van der Waals surface area contributed by atoms with Crippen LogP contribution in [-0.2, 0) is 0 Å². The zero-order chi connectivity index (χ0) is 38.3. The van der Waals surface area contributed by atoms with E-state index in [0.29, 0.717) is 5.95 Å². The zero-order valence-electron chi connectivity index (χ0n) is 31.6. The highest BCUT2D eigenvalue weighted by molar-refractivity contribution is 6.34. The Balaban J connectivity index is 1.13. The van der Waals surface area contributed by atoms with Gasteiger partial charge in [0.05, 0.1) is 49.8 Å². The fourth-order valence-corrected chi connectivity index (χ4v) is 10.3. The Hall–Kier alpha value is -8.02. The van der Waals surface area contributed by atoms with Gasteiger partial charge in [-0.05, 0) is 77.5 Å². The predicted octanol–water partition coefficient (Wildman–Crippen LogP) is 13.8. The average molecular weight is 750 g/mol. The first-order valence-electron chi connectivity index (χ1n) is 20.2. The van der Waals surface area contributed by atoms with Crippen molar-refractivity contribution in [3.8, 4) is 22.9 Å². The lowest BCUT2D eigenvalue weighted by molar-refractivity contribution is 1.02. The minimum absolute atomic E-state index is 0.656. The Labute approximate surface area is 336 Å². The normalized spacial score (nSPS) is 12.4. The number of fused-ring (bicyclic) bond motifs is 15. The fraction of sp³-hybridized carbons (Fsp3) is 0. The van der Waals surface area contributed by atoms with Gasteiger partial charge < -0.3 is 8.97 Å². The summed E-state index contributed by atoms with van der Waals surface area (Å²) in [5.74, 6) is 0.656. The number of para-hydroxylation sites is 5. The second-order valence-electron chi connectivity index (χ2n) is 15.8. The monoisotopic (exact) mass is 749 g/mol. The van der Waals surface area contributed by atoms with Gasteiger partial charge >= 0.3 is 0 Å². The van der Waals surface area contributed by atoms with Crippen LogP contribution >= 0.6 is 0 Å². The summed E-state index contributed by atoms with van der Waals surface area (Å²) in [7, 11) is 0. The molecule has 0 bridgehead atoms. The van der Waals surface area contributed by atoms with E-state index < -0.39 is 0 Å². The highest BCUT2D eigenvalue weighted by Gasteiger charge is 2.26. The molecular formula is C54H31N5. The summed E-state index contributed by atoms with van der Waals surface area (Å²) in [5, 5.41) is 13.2. The largest absolute Gasteiger partial charge is 0.309 e. The molecule has 0 radical (unpaired) electrons. The van der Waals surface area contributed by atoms with Crippen molar-refractivity contribution >= 4 is 103 Å². The third-order valence-corrected chi connectivity index (χ3v) is 12.7. The Kier molecular flexibility index (Phi) is 5.96. The van der Waals surface area contributed by atoms with Crippen molar-refractivity contribution in [3.05, 3.63) is 188 Å². The maximum atomic E-state index is 5.66. The van der Waals surface area contributed by atoms with E-state index >= 15 is 0 Å². The van der Waals surface area contributed by atoms with Crippen molar-refractivity contribution in [2.75, 3.05) is 0 Å². The minimum Gasteiger partial charge on any atom is -0.309 e. The molecule has 0 saturated carbocycles. The number of hydrogen-bond donors (Lipinski definition) is 0. The summed E-state index contributed by atoms with van der Waals surface area (Å²) in [4.78, 5) is 11.1. The van der Waals surface area contributed by atoms with Crippen molar-refractivity contribution in [1.82, 2.24) is 23.5 Å². The zero-order valence-corrected chi connectivity index (χ0v) is 31.6. The predicted molar refractivity (Wildman–Crippen MR) is 246 cm³/mol. The van der Waals surface area contributed by atoms with E-state index in [2.05, 4.69) is 202 Å². The van der Waals surface area contributed by atoms with E-state index in [1.54, 1.807) is 0 Å². The van der Waals surface area contributed by atoms with Crippen LogP contribution in [0.25, 0.3) is 126 Å². The Bertz CT molecular complexity index is 4070. The molecule has 0 atom stereocenters. The number of hydrogen-bond acceptors (Lipinski definition) is 2. The molecule has 0 aliphatic rings. The van der Waals surface area contributed by atoms with E-state index in [-0.39, 0.29) is 0 Å². The quantitative estimate of drug-likeness (QED) is 0.180. The SMILES string of the molecule is c1ccc(-n2c3ccccc3c3cc(-c4nc(-n5c6cc7ccccc7cc6c6cc7c8ccccc8n8c9ccccc9c(c65)c78)nc5ccccc45)ccc32)cc1. The lowest BCUT2D eigenvalue weighted by Crippen LogP contribution is -2.04. The third-order valence-electron chi connectivity index (χ3n) is 12.7. The Morgan fingerprint density at radius 1 is 0.339 bits per heavy atom. The highest BCUT2D eigenvalue weighted by atomic mass is 15.2. The molecule has 272 valence electrons. The average Bonchev–Trinajstić information content (AvgIpc) is 4.02. The molecule has 9 aromatic carbocycles. The van der Waals surface area contributed by atoms with Crippen molar-refractivity contribution in [3.63, 3.8) is 0 Å². The van der Waals surface area contributed by atoms with Crippen molar-refractivity contribution in [1.29, 1.82) is 0 Å². The molecule has 0 N–H and O–H groups in total. The lowest BCUT2D eigenvalue weighted by Gasteiger charge is -2.13. The van der Waals surface area contributed by atoms with E-state index in [9.17, 15) is 0 Å². The smallest absolute Gasteiger partial charge is 0.235 e. The first-order chi connectivity index (χ1) is 29.3. The summed E-state index contributed by atoms with van der Waals surface area (Å²) in [6, 6.07) is 68.0. The van der Waals surface area contributed by atoms with Crippen LogP contribution in [0.5, 0.6) is 0 Å². The van der Waals surface area contributed by atoms with Crippen LogP contribution in [0.15, 0.2) is 188 Å². The molecule has 0 fully saturated rings. The highest BCUT2D eigenvalue weighted by Crippen LogP contribution is 2.47. The molecule has 0 amide bonds. The van der Waals surface area contributed by atoms with E-state index in [1.807, 2.05) is 0 Å². The van der Waals surface area contributed by atoms with Gasteiger partial charge in [0, 0.05) is 59.7 Å². The third kappa shape index (κ3) is 4.08. The van der Waals surface area contributed by atoms with Crippen LogP contribution in [0, 0.1) is 0 Å². The maximum Gasteiger partial charge on any atom is 0.235 e. The van der Waals surface area contributed by atoms with Crippen LogP contribution in [-0.4, -0.2) is 23.5 Å². The number of aromatic nitrogens is 5. The molecule has 0 unspecified atom stereocenters. The van der Waals surface area contributed by atoms with E-state index in [0.717, 1.165) is 44.4 Å². The van der Waals surface area contributed by atoms with Gasteiger partial charge in [-0.2, -0.15) is 0 Å². The van der Waals surface area contributed by atoms with Crippen molar-refractivity contribution in [2.24, 2.45) is 0 Å². The Morgan fingerprint density at radius 2 is 0.932 bits per heavy atom. The second kappa shape index (κ2) is 11.3. The topological polar surface area (TPSA) is 40.0 Å². The lowest BCUT2D eigenvalue weighted by atomic mass is 10.0. The molecule has 5 heteroatoms. The van der Waals surface area contributed by atoms with Crippen LogP contribution < -0.4 is 0 Å². The number of nitrogens with zero attached hydrogens (tertiary/aromatic N) is 5. The standard InChI is InChI=1S/C54H31N5/c1-2-16-35(17-3-1)57-45-23-11-7-18-36(45)40-29-34(26-27-48(40)57)51-38-20-6-10-22-44(38)55-54(56-51)59-49-30-33-15-5-4-14-32(33)28-41(49)43-31-42-37-19-8-12-24-46(37)58-47-25-13-9-21-39(47)50(52(42)58)53(43)59/h1-31H. The fourth-order valence-electron chi connectivity index (χ4n) is 10.3. The summed E-state index contributed by atoms with van der Waals surface area (Å²) in [5.41, 5.74) is 12.2. The second-order valence-corrected chi connectivity index (χ2v) is 15.8. The molecule has 5 nitrogen and oxygen atoms in total. The molecule has 0 saturated heterocycles. The van der Waals surface area contributed by atoms with Gasteiger partial charge in [-0.3, -0.25) is 4.57 Å². The van der Waals surface area contributed by atoms with Crippen LogP contribution in [0.1, 0.15) is 0 Å². The molecular weight excluding hydrogens is 719 g/mol. The summed E-state index contributed by atoms with van der Waals surface area (Å²) in [6.07, 6.45) is 0. The van der Waals surface area contributed by atoms with Crippen LogP contribution in [0.3, 0.4) is 0 Å². The van der Waals surface area contributed by atoms with Gasteiger partial charge in [-0.25, -0.2) is 9.97 Å². The molecule has 14 rings (SSSR count). The molecule has 5 aromatic heterocycles. The molecule has 14 aromatic rings. The van der Waals surface area contributed by atoms with Gasteiger partial charge in [0.25, 0.3) is 0 Å². The van der Waals surface area contributed by atoms with Gasteiger partial charge in [0.15, 0.2) is 0 Å². The van der Waals surface area contributed by atoms with Gasteiger partial charge in [-0.1, -0.05) is 121 Å². The summed E-state index contributed by atoms with van der Waals surface area (Å²) < 4.78 is 7.17. The van der Waals surface area contributed by atoms with Crippen LogP contribution in [0.2, 0.25) is 0 Å². The summed E-state index contributed by atoms with van der Waals surface area (Å²) >= 11 is 0. The van der Waals surface area contributed by atoms with Gasteiger partial charge in [0.2, 0.25) is 5.95 Å². The molecule has 59 heavy (non-hydrogen) atoms. The number of benzene rings is 9. The van der Waals surface area contributed by atoms with Gasteiger partial charge in [-0.15, -0.1) is 0 Å². The first-order valence-corrected chi connectivity index (χ1v) is 20.2.